The molecule has 0 N–H and O–H groups in total. The molecular weight excluding hydrogens is 214 g/mol. The van der Waals surface area contributed by atoms with E-state index in [1.54, 1.807) is 0 Å². The molecule has 0 aliphatic rings. The van der Waals surface area contributed by atoms with Crippen molar-refractivity contribution in [1.29, 1.82) is 0 Å². The van der Waals surface area contributed by atoms with Crippen LogP contribution in [0.3, 0.4) is 0 Å². The Hall–Kier alpha value is -0.330. The van der Waals surface area contributed by atoms with Gasteiger partial charge in [-0.25, -0.2) is 0 Å². The van der Waals surface area contributed by atoms with Gasteiger partial charge in [0.15, 0.2) is 0 Å². The van der Waals surface area contributed by atoms with Gasteiger partial charge in [-0.05, 0) is 0 Å². The van der Waals surface area contributed by atoms with E-state index >= 15 is 0 Å². The molecule has 2 aromatic rings. The van der Waals surface area contributed by atoms with Crippen LogP contribution in [-0.2, 0) is 4.57 Å². The second kappa shape index (κ2) is 6.30. The Morgan fingerprint density at radius 3 is 1.33 bits per heavy atom. The molecule has 0 atom stereocenters. The second-order valence-corrected chi connectivity index (χ2v) is 4.87. The van der Waals surface area contributed by atoms with E-state index < -0.39 is 7.80 Å². The zero-order chi connectivity index (χ0) is 9.80. The minimum atomic E-state index is -1.79. The predicted octanol–water partition coefficient (Wildman–Crippen LogP) is 1.55. The van der Waals surface area contributed by atoms with Gasteiger partial charge in [-0.2, -0.15) is 0 Å². The first-order chi connectivity index (χ1) is 6.88. The molecule has 0 aliphatic carbocycles. The first-order valence-electron chi connectivity index (χ1n) is 4.53. The van der Waals surface area contributed by atoms with Gasteiger partial charge < -0.3 is 4.57 Å². The maximum absolute atomic E-state index is 12.0. The van der Waals surface area contributed by atoms with Crippen molar-refractivity contribution in [2.75, 3.05) is 0 Å². The molecular formula is C12H12NaOP. The fourth-order valence-electron chi connectivity index (χ4n) is 1.35. The average Bonchev–Trinajstić information content (AvgIpc) is 2.30. The first-order valence-corrected chi connectivity index (χ1v) is 5.93. The van der Waals surface area contributed by atoms with Crippen molar-refractivity contribution in [2.45, 2.75) is 0 Å². The summed E-state index contributed by atoms with van der Waals surface area (Å²) < 4.78 is 12.0. The normalized spacial score (nSPS) is 9.67. The monoisotopic (exact) mass is 226 g/mol. The second-order valence-electron chi connectivity index (χ2n) is 3.06. The van der Waals surface area contributed by atoms with E-state index in [-0.39, 0.29) is 29.6 Å². The molecule has 3 heteroatoms. The van der Waals surface area contributed by atoms with Gasteiger partial charge >= 0.3 is 29.6 Å². The van der Waals surface area contributed by atoms with E-state index in [1.165, 1.54) is 0 Å². The molecule has 0 unspecified atom stereocenters. The van der Waals surface area contributed by atoms with Gasteiger partial charge in [-0.3, -0.25) is 0 Å². The number of benzene rings is 2. The van der Waals surface area contributed by atoms with Crippen LogP contribution in [0.1, 0.15) is 0 Å². The van der Waals surface area contributed by atoms with Crippen LogP contribution in [0.5, 0.6) is 0 Å². The SMILES string of the molecule is O=[PH](c1ccccc1)c1ccccc1.[NaH]. The van der Waals surface area contributed by atoms with Crippen LogP contribution in [0.4, 0.5) is 0 Å². The maximum atomic E-state index is 12.0. The number of rotatable bonds is 2. The molecule has 2 aromatic carbocycles. The molecule has 0 fully saturated rings. The summed E-state index contributed by atoms with van der Waals surface area (Å²) in [5.41, 5.74) is 0. The van der Waals surface area contributed by atoms with Crippen molar-refractivity contribution < 1.29 is 4.57 Å². The van der Waals surface area contributed by atoms with Gasteiger partial charge in [0.1, 0.15) is 7.80 Å². The van der Waals surface area contributed by atoms with Crippen molar-refractivity contribution in [1.82, 2.24) is 0 Å². The molecule has 0 saturated heterocycles. The van der Waals surface area contributed by atoms with Crippen molar-refractivity contribution >= 4 is 48.0 Å². The van der Waals surface area contributed by atoms with Crippen LogP contribution in [0.25, 0.3) is 0 Å². The first kappa shape index (κ1) is 12.7. The summed E-state index contributed by atoms with van der Waals surface area (Å²) in [6, 6.07) is 19.2. The third-order valence-corrected chi connectivity index (χ3v) is 3.79. The van der Waals surface area contributed by atoms with Crippen LogP contribution in [0.15, 0.2) is 60.7 Å². The van der Waals surface area contributed by atoms with Gasteiger partial charge in [0.25, 0.3) is 0 Å². The molecule has 1 nitrogen and oxygen atoms in total. The average molecular weight is 226 g/mol. The van der Waals surface area contributed by atoms with E-state index in [1.807, 2.05) is 60.7 Å². The van der Waals surface area contributed by atoms with Crippen LogP contribution in [-0.4, -0.2) is 29.6 Å². The summed E-state index contributed by atoms with van der Waals surface area (Å²) in [5, 5.41) is 1.84. The van der Waals surface area contributed by atoms with Gasteiger partial charge in [0.2, 0.25) is 0 Å². The molecule has 0 heterocycles. The van der Waals surface area contributed by atoms with E-state index in [2.05, 4.69) is 0 Å². The molecule has 0 radical (unpaired) electrons. The minimum absolute atomic E-state index is 0. The predicted molar refractivity (Wildman–Crippen MR) is 68.3 cm³/mol. The van der Waals surface area contributed by atoms with E-state index in [4.69, 9.17) is 0 Å². The molecule has 0 saturated carbocycles. The standard InChI is InChI=1S/C12H11OP.Na.H/c13-14(11-7-3-1-4-8-11)12-9-5-2-6-10-12;;/h1-10,14H;;. The van der Waals surface area contributed by atoms with Crippen LogP contribution in [0, 0.1) is 0 Å². The summed E-state index contributed by atoms with van der Waals surface area (Å²) >= 11 is 0. The third-order valence-electron chi connectivity index (χ3n) is 2.07. The van der Waals surface area contributed by atoms with E-state index in [9.17, 15) is 4.57 Å². The molecule has 72 valence electrons. The molecule has 0 aliphatic heterocycles. The Labute approximate surface area is 113 Å². The summed E-state index contributed by atoms with van der Waals surface area (Å²) in [5.74, 6) is 0. The summed E-state index contributed by atoms with van der Waals surface area (Å²) in [6.07, 6.45) is 0. The van der Waals surface area contributed by atoms with Gasteiger partial charge in [0.05, 0.1) is 0 Å². The quantitative estimate of drug-likeness (QED) is 0.561. The molecule has 0 spiro atoms. The van der Waals surface area contributed by atoms with Crippen molar-refractivity contribution in [2.24, 2.45) is 0 Å². The molecule has 0 bridgehead atoms. The Morgan fingerprint density at radius 1 is 0.667 bits per heavy atom. The number of hydrogen-bond donors (Lipinski definition) is 0. The molecule has 0 aromatic heterocycles. The van der Waals surface area contributed by atoms with Crippen LogP contribution in [0.2, 0.25) is 0 Å². The Morgan fingerprint density at radius 2 is 1.00 bits per heavy atom. The Balaban J connectivity index is 0.00000112. The Bertz CT molecular complexity index is 386. The number of hydrogen-bond acceptors (Lipinski definition) is 1. The molecule has 15 heavy (non-hydrogen) atoms. The van der Waals surface area contributed by atoms with Gasteiger partial charge in [0, 0.05) is 10.6 Å². The van der Waals surface area contributed by atoms with Crippen LogP contribution >= 0.6 is 7.80 Å². The fourth-order valence-corrected chi connectivity index (χ4v) is 2.67. The molecule has 2 rings (SSSR count). The van der Waals surface area contributed by atoms with E-state index in [0.717, 1.165) is 10.6 Å². The summed E-state index contributed by atoms with van der Waals surface area (Å²) in [7, 11) is -1.79. The van der Waals surface area contributed by atoms with Crippen molar-refractivity contribution in [3.63, 3.8) is 0 Å². The van der Waals surface area contributed by atoms with E-state index in [0.29, 0.717) is 0 Å². The fraction of sp³-hybridized carbons (Fsp3) is 0. The van der Waals surface area contributed by atoms with Gasteiger partial charge in [-0.15, -0.1) is 0 Å². The van der Waals surface area contributed by atoms with Crippen molar-refractivity contribution in [3.05, 3.63) is 60.7 Å². The summed E-state index contributed by atoms with van der Waals surface area (Å²) in [6.45, 7) is 0. The molecule has 0 amide bonds. The van der Waals surface area contributed by atoms with Gasteiger partial charge in [-0.1, -0.05) is 60.7 Å². The summed E-state index contributed by atoms with van der Waals surface area (Å²) in [4.78, 5) is 0. The topological polar surface area (TPSA) is 17.1 Å². The third kappa shape index (κ3) is 3.32. The zero-order valence-corrected chi connectivity index (χ0v) is 8.68. The van der Waals surface area contributed by atoms with Crippen molar-refractivity contribution in [3.8, 4) is 0 Å². The zero-order valence-electron chi connectivity index (χ0n) is 7.68. The Kier molecular flexibility index (Phi) is 5.35. The van der Waals surface area contributed by atoms with Crippen LogP contribution < -0.4 is 10.6 Å².